The van der Waals surface area contributed by atoms with Crippen molar-refractivity contribution >= 4 is 44.3 Å². The molecule has 3 aromatic rings. The minimum Gasteiger partial charge on any atom is -0.398 e. The molecule has 1 aromatic heterocycles. The first-order chi connectivity index (χ1) is 9.72. The fourth-order valence-electron chi connectivity index (χ4n) is 1.99. The molecule has 0 saturated carbocycles. The number of nitrogens with two attached hydrogens (primary N) is 1. The van der Waals surface area contributed by atoms with Gasteiger partial charge < -0.3 is 5.73 Å². The van der Waals surface area contributed by atoms with Crippen LogP contribution in [0.25, 0.3) is 10.9 Å². The molecule has 100 valence electrons. The lowest BCUT2D eigenvalue weighted by molar-refractivity contribution is 1.22. The van der Waals surface area contributed by atoms with Crippen LogP contribution in [0.15, 0.2) is 64.0 Å². The highest BCUT2D eigenvalue weighted by atomic mass is 79.9. The summed E-state index contributed by atoms with van der Waals surface area (Å²) in [5.74, 6) is 0.816. The van der Waals surface area contributed by atoms with Crippen LogP contribution in [0.2, 0.25) is 0 Å². The Morgan fingerprint density at radius 1 is 1.05 bits per heavy atom. The van der Waals surface area contributed by atoms with Crippen LogP contribution in [-0.4, -0.2) is 4.98 Å². The van der Waals surface area contributed by atoms with E-state index in [0.717, 1.165) is 32.0 Å². The Morgan fingerprint density at radius 2 is 1.90 bits per heavy atom. The van der Waals surface area contributed by atoms with E-state index < -0.39 is 0 Å². The number of benzene rings is 2. The van der Waals surface area contributed by atoms with Crippen LogP contribution in [0.4, 0.5) is 5.69 Å². The van der Waals surface area contributed by atoms with Crippen molar-refractivity contribution in [2.45, 2.75) is 10.6 Å². The molecule has 2 aromatic carbocycles. The van der Waals surface area contributed by atoms with Crippen LogP contribution in [-0.2, 0) is 5.75 Å². The Kier molecular flexibility index (Phi) is 3.94. The lowest BCUT2D eigenvalue weighted by Crippen LogP contribution is -1.91. The Hall–Kier alpha value is -1.52. The zero-order valence-electron chi connectivity index (χ0n) is 10.7. The van der Waals surface area contributed by atoms with Gasteiger partial charge in [-0.05, 0) is 30.3 Å². The van der Waals surface area contributed by atoms with E-state index in [1.165, 1.54) is 5.39 Å². The molecule has 0 fully saturated rings. The third kappa shape index (κ3) is 2.97. The summed E-state index contributed by atoms with van der Waals surface area (Å²) in [7, 11) is 0. The number of hydrogen-bond donors (Lipinski definition) is 1. The summed E-state index contributed by atoms with van der Waals surface area (Å²) in [6, 6.07) is 18.3. The Bertz CT molecular complexity index is 758. The van der Waals surface area contributed by atoms with Crippen molar-refractivity contribution in [3.8, 4) is 0 Å². The smallest absolute Gasteiger partial charge is 0.0705 e. The number of halogens is 1. The molecule has 20 heavy (non-hydrogen) atoms. The molecule has 0 atom stereocenters. The molecule has 3 rings (SSSR count). The second-order valence-electron chi connectivity index (χ2n) is 4.47. The standard InChI is InChI=1S/C16H13BrN2S/c17-12-6-8-16(14(18)9-12)20-10-13-7-5-11-3-1-2-4-15(11)19-13/h1-9H,10,18H2. The van der Waals surface area contributed by atoms with Crippen molar-refractivity contribution < 1.29 is 0 Å². The Morgan fingerprint density at radius 3 is 2.75 bits per heavy atom. The lowest BCUT2D eigenvalue weighted by Gasteiger charge is -2.06. The van der Waals surface area contributed by atoms with E-state index >= 15 is 0 Å². The molecule has 2 N–H and O–H groups in total. The Balaban J connectivity index is 1.79. The molecular weight excluding hydrogens is 332 g/mol. The number of fused-ring (bicyclic) bond motifs is 1. The third-order valence-electron chi connectivity index (χ3n) is 3.00. The van der Waals surface area contributed by atoms with Crippen molar-refractivity contribution in [2.75, 3.05) is 5.73 Å². The van der Waals surface area contributed by atoms with Gasteiger partial charge in [0.2, 0.25) is 0 Å². The highest BCUT2D eigenvalue weighted by Gasteiger charge is 2.03. The van der Waals surface area contributed by atoms with E-state index in [9.17, 15) is 0 Å². The number of rotatable bonds is 3. The molecule has 0 aliphatic heterocycles. The maximum Gasteiger partial charge on any atom is 0.0705 e. The summed E-state index contributed by atoms with van der Waals surface area (Å²) in [4.78, 5) is 5.75. The summed E-state index contributed by atoms with van der Waals surface area (Å²) >= 11 is 5.13. The van der Waals surface area contributed by atoms with Gasteiger partial charge in [-0.25, -0.2) is 0 Å². The quantitative estimate of drug-likeness (QED) is 0.544. The van der Waals surface area contributed by atoms with Gasteiger partial charge in [0.25, 0.3) is 0 Å². The molecule has 0 aliphatic carbocycles. The van der Waals surface area contributed by atoms with Gasteiger partial charge in [-0.2, -0.15) is 0 Å². The van der Waals surface area contributed by atoms with Gasteiger partial charge >= 0.3 is 0 Å². The second kappa shape index (κ2) is 5.85. The number of pyridine rings is 1. The minimum atomic E-state index is 0.796. The summed E-state index contributed by atoms with van der Waals surface area (Å²) in [6.07, 6.45) is 0. The predicted molar refractivity (Wildman–Crippen MR) is 89.9 cm³/mol. The fourth-order valence-corrected chi connectivity index (χ4v) is 3.22. The van der Waals surface area contributed by atoms with Crippen LogP contribution in [0.5, 0.6) is 0 Å². The summed E-state index contributed by atoms with van der Waals surface area (Å²) in [6.45, 7) is 0. The average Bonchev–Trinajstić information content (AvgIpc) is 2.46. The zero-order valence-corrected chi connectivity index (χ0v) is 13.1. The van der Waals surface area contributed by atoms with Gasteiger partial charge in [-0.3, -0.25) is 4.98 Å². The van der Waals surface area contributed by atoms with Gasteiger partial charge in [-0.1, -0.05) is 40.2 Å². The van der Waals surface area contributed by atoms with Gasteiger partial charge in [0.15, 0.2) is 0 Å². The molecule has 1 heterocycles. The van der Waals surface area contributed by atoms with E-state index in [-0.39, 0.29) is 0 Å². The van der Waals surface area contributed by atoms with Gasteiger partial charge in [0.05, 0.1) is 11.2 Å². The van der Waals surface area contributed by atoms with Crippen LogP contribution >= 0.6 is 27.7 Å². The number of para-hydroxylation sites is 1. The van der Waals surface area contributed by atoms with Crippen LogP contribution < -0.4 is 5.73 Å². The summed E-state index contributed by atoms with van der Waals surface area (Å²) in [5, 5.41) is 1.17. The minimum absolute atomic E-state index is 0.796. The van der Waals surface area contributed by atoms with Crippen molar-refractivity contribution in [2.24, 2.45) is 0 Å². The fraction of sp³-hybridized carbons (Fsp3) is 0.0625. The maximum atomic E-state index is 6.00. The van der Waals surface area contributed by atoms with E-state index in [2.05, 4.69) is 39.1 Å². The highest BCUT2D eigenvalue weighted by molar-refractivity contribution is 9.10. The van der Waals surface area contributed by atoms with Crippen molar-refractivity contribution in [1.29, 1.82) is 0 Å². The van der Waals surface area contributed by atoms with E-state index in [0.29, 0.717) is 0 Å². The predicted octanol–water partition coefficient (Wildman–Crippen LogP) is 4.87. The second-order valence-corrected chi connectivity index (χ2v) is 6.40. The third-order valence-corrected chi connectivity index (χ3v) is 4.62. The first-order valence-corrected chi connectivity index (χ1v) is 8.03. The molecule has 0 radical (unpaired) electrons. The van der Waals surface area contributed by atoms with E-state index in [1.54, 1.807) is 11.8 Å². The highest BCUT2D eigenvalue weighted by Crippen LogP contribution is 2.30. The van der Waals surface area contributed by atoms with Gasteiger partial charge in [0, 0.05) is 26.2 Å². The topological polar surface area (TPSA) is 38.9 Å². The van der Waals surface area contributed by atoms with E-state index in [4.69, 9.17) is 5.73 Å². The number of hydrogen-bond acceptors (Lipinski definition) is 3. The molecule has 0 aliphatic rings. The monoisotopic (exact) mass is 344 g/mol. The molecule has 0 spiro atoms. The zero-order chi connectivity index (χ0) is 13.9. The summed E-state index contributed by atoms with van der Waals surface area (Å²) in [5.41, 5.74) is 8.90. The summed E-state index contributed by atoms with van der Waals surface area (Å²) < 4.78 is 1.00. The number of nitrogens with zero attached hydrogens (tertiary/aromatic N) is 1. The number of aromatic nitrogens is 1. The lowest BCUT2D eigenvalue weighted by atomic mass is 10.2. The normalized spacial score (nSPS) is 10.8. The molecule has 2 nitrogen and oxygen atoms in total. The SMILES string of the molecule is Nc1cc(Br)ccc1SCc1ccc2ccccc2n1. The van der Waals surface area contributed by atoms with Crippen molar-refractivity contribution in [3.05, 3.63) is 64.8 Å². The number of anilines is 1. The number of thioether (sulfide) groups is 1. The first kappa shape index (κ1) is 13.5. The van der Waals surface area contributed by atoms with Crippen LogP contribution in [0.3, 0.4) is 0 Å². The molecule has 0 amide bonds. The number of nitrogen functional groups attached to an aromatic ring is 1. The van der Waals surface area contributed by atoms with Crippen LogP contribution in [0, 0.1) is 0 Å². The largest absolute Gasteiger partial charge is 0.398 e. The van der Waals surface area contributed by atoms with Crippen molar-refractivity contribution in [3.63, 3.8) is 0 Å². The van der Waals surface area contributed by atoms with Gasteiger partial charge in [-0.15, -0.1) is 11.8 Å². The molecule has 0 saturated heterocycles. The first-order valence-electron chi connectivity index (χ1n) is 6.25. The van der Waals surface area contributed by atoms with Crippen molar-refractivity contribution in [1.82, 2.24) is 4.98 Å². The molecular formula is C16H13BrN2S. The molecule has 0 bridgehead atoms. The van der Waals surface area contributed by atoms with Gasteiger partial charge in [0.1, 0.15) is 0 Å². The van der Waals surface area contributed by atoms with E-state index in [1.807, 2.05) is 36.4 Å². The molecule has 0 unspecified atom stereocenters. The van der Waals surface area contributed by atoms with Crippen LogP contribution in [0.1, 0.15) is 5.69 Å². The Labute approximate surface area is 130 Å². The average molecular weight is 345 g/mol. The maximum absolute atomic E-state index is 6.00. The molecule has 4 heteroatoms.